The number of hydrogen-bond donors (Lipinski definition) is 0. The van der Waals surface area contributed by atoms with Crippen LogP contribution in [0.3, 0.4) is 0 Å². The summed E-state index contributed by atoms with van der Waals surface area (Å²) in [6.45, 7) is 8.27. The number of benzene rings is 2. The molecule has 1 unspecified atom stereocenters. The highest BCUT2D eigenvalue weighted by molar-refractivity contribution is 5.79. The van der Waals surface area contributed by atoms with Crippen LogP contribution in [-0.4, -0.2) is 46.1 Å². The molecule has 2 saturated heterocycles. The zero-order valence-corrected chi connectivity index (χ0v) is 25.8. The Bertz CT molecular complexity index is 1460. The van der Waals surface area contributed by atoms with Crippen LogP contribution < -0.4 is 9.80 Å². The maximum atomic E-state index is 13.1. The predicted octanol–water partition coefficient (Wildman–Crippen LogP) is 8.21. The summed E-state index contributed by atoms with van der Waals surface area (Å²) in [5, 5.41) is 0. The smallest absolute Gasteiger partial charge is 0.225 e. The highest BCUT2D eigenvalue weighted by Crippen LogP contribution is 2.28. The molecule has 4 heterocycles. The van der Waals surface area contributed by atoms with Gasteiger partial charge in [-0.2, -0.15) is 0 Å². The number of aromatic nitrogens is 4. The number of rotatable bonds is 7. The number of hydrogen-bond acceptors (Lipinski definition) is 6. The molecule has 230 valence electrons. The van der Waals surface area contributed by atoms with Crippen LogP contribution in [-0.2, 0) is 0 Å². The molecule has 2 aliphatic heterocycles. The Morgan fingerprint density at radius 3 is 1.55 bits per heavy atom. The third-order valence-corrected chi connectivity index (χ3v) is 8.41. The van der Waals surface area contributed by atoms with Crippen LogP contribution in [0.15, 0.2) is 79.4 Å². The van der Waals surface area contributed by atoms with Crippen molar-refractivity contribution < 1.29 is 8.78 Å². The molecule has 2 fully saturated rings. The number of nitrogens with zero attached hydrogens (tertiary/aromatic N) is 6. The van der Waals surface area contributed by atoms with Gasteiger partial charge in [-0.05, 0) is 98.4 Å². The van der Waals surface area contributed by atoms with Gasteiger partial charge >= 0.3 is 0 Å². The van der Waals surface area contributed by atoms with Crippen LogP contribution in [0.2, 0.25) is 0 Å². The number of halogens is 2. The molecular weight excluding hydrogens is 554 g/mol. The maximum Gasteiger partial charge on any atom is 0.225 e. The molecule has 2 aliphatic rings. The molecule has 6 rings (SSSR count). The van der Waals surface area contributed by atoms with Crippen LogP contribution in [0.1, 0.15) is 87.0 Å². The first kappa shape index (κ1) is 31.2. The first-order chi connectivity index (χ1) is 21.6. The summed E-state index contributed by atoms with van der Waals surface area (Å²) in [7, 11) is 0. The summed E-state index contributed by atoms with van der Waals surface area (Å²) in [6.07, 6.45) is 18.0. The van der Waals surface area contributed by atoms with E-state index in [2.05, 4.69) is 36.7 Å². The van der Waals surface area contributed by atoms with Crippen molar-refractivity contribution in [1.29, 1.82) is 0 Å². The van der Waals surface area contributed by atoms with E-state index < -0.39 is 0 Å². The first-order valence-corrected chi connectivity index (χ1v) is 15.9. The van der Waals surface area contributed by atoms with Crippen LogP contribution in [0.5, 0.6) is 0 Å². The lowest BCUT2D eigenvalue weighted by atomic mass is 9.91. The van der Waals surface area contributed by atoms with Gasteiger partial charge in [0.15, 0.2) is 0 Å². The lowest BCUT2D eigenvalue weighted by Crippen LogP contribution is -2.30. The van der Waals surface area contributed by atoms with E-state index >= 15 is 0 Å². The fourth-order valence-electron chi connectivity index (χ4n) is 5.97. The van der Waals surface area contributed by atoms with Gasteiger partial charge in [0.25, 0.3) is 0 Å². The van der Waals surface area contributed by atoms with Crippen molar-refractivity contribution >= 4 is 17.5 Å². The predicted molar refractivity (Wildman–Crippen MR) is 174 cm³/mol. The van der Waals surface area contributed by atoms with Crippen LogP contribution in [0.25, 0.3) is 5.57 Å². The molecule has 0 saturated carbocycles. The third-order valence-electron chi connectivity index (χ3n) is 8.41. The second kappa shape index (κ2) is 15.5. The van der Waals surface area contributed by atoms with E-state index in [4.69, 9.17) is 0 Å². The van der Waals surface area contributed by atoms with Gasteiger partial charge in [0.1, 0.15) is 11.6 Å². The van der Waals surface area contributed by atoms with Crippen molar-refractivity contribution in [2.24, 2.45) is 0 Å². The van der Waals surface area contributed by atoms with E-state index in [1.165, 1.54) is 62.8 Å². The Morgan fingerprint density at radius 1 is 0.636 bits per heavy atom. The summed E-state index contributed by atoms with van der Waals surface area (Å²) in [5.74, 6) is 1.43. The minimum absolute atomic E-state index is 0.199. The molecule has 44 heavy (non-hydrogen) atoms. The van der Waals surface area contributed by atoms with Gasteiger partial charge < -0.3 is 9.80 Å². The van der Waals surface area contributed by atoms with Crippen LogP contribution in [0, 0.1) is 11.6 Å². The van der Waals surface area contributed by atoms with E-state index in [1.54, 1.807) is 12.1 Å². The van der Waals surface area contributed by atoms with E-state index in [0.29, 0.717) is 0 Å². The summed E-state index contributed by atoms with van der Waals surface area (Å²) in [4.78, 5) is 22.6. The average Bonchev–Trinajstić information content (AvgIpc) is 3.09. The van der Waals surface area contributed by atoms with Gasteiger partial charge in [-0.1, -0.05) is 37.3 Å². The van der Waals surface area contributed by atoms with Gasteiger partial charge in [-0.15, -0.1) is 0 Å². The molecule has 8 heteroatoms. The largest absolute Gasteiger partial charge is 0.341 e. The topological polar surface area (TPSA) is 58.0 Å². The van der Waals surface area contributed by atoms with E-state index in [0.717, 1.165) is 72.3 Å². The minimum Gasteiger partial charge on any atom is -0.341 e. The van der Waals surface area contributed by atoms with E-state index in [1.807, 2.05) is 49.9 Å². The normalized spacial score (nSPS) is 16.2. The summed E-state index contributed by atoms with van der Waals surface area (Å²) < 4.78 is 26.2. The highest BCUT2D eigenvalue weighted by Gasteiger charge is 2.17. The molecule has 0 N–H and O–H groups in total. The molecule has 0 amide bonds. The third kappa shape index (κ3) is 8.04. The van der Waals surface area contributed by atoms with Gasteiger partial charge in [-0.25, -0.2) is 28.7 Å². The molecule has 0 aliphatic carbocycles. The molecule has 0 radical (unpaired) electrons. The minimum atomic E-state index is -0.226. The summed E-state index contributed by atoms with van der Waals surface area (Å²) in [6, 6.07) is 13.2. The van der Waals surface area contributed by atoms with Crippen LogP contribution in [0.4, 0.5) is 20.7 Å². The molecule has 0 bridgehead atoms. The van der Waals surface area contributed by atoms with Crippen LogP contribution >= 0.6 is 0 Å². The van der Waals surface area contributed by atoms with Crippen molar-refractivity contribution in [1.82, 2.24) is 19.9 Å². The Balaban J connectivity index is 0.000000175. The summed E-state index contributed by atoms with van der Waals surface area (Å²) in [5.41, 5.74) is 5.14. The second-order valence-corrected chi connectivity index (χ2v) is 11.4. The fraction of sp³-hybridized carbons (Fsp3) is 0.389. The Kier molecular flexibility index (Phi) is 11.0. The molecule has 1 atom stereocenters. The van der Waals surface area contributed by atoms with Gasteiger partial charge in [0.2, 0.25) is 11.9 Å². The monoisotopic (exact) mass is 596 g/mol. The lowest BCUT2D eigenvalue weighted by Gasteiger charge is -2.26. The fourth-order valence-corrected chi connectivity index (χ4v) is 5.97. The molecule has 4 aromatic rings. The van der Waals surface area contributed by atoms with Gasteiger partial charge in [-0.3, -0.25) is 0 Å². The van der Waals surface area contributed by atoms with Crippen molar-refractivity contribution in [3.05, 3.63) is 113 Å². The second-order valence-electron chi connectivity index (χ2n) is 11.4. The first-order valence-electron chi connectivity index (χ1n) is 15.9. The SMILES string of the molecule is C/C=C(\c1ccc(F)cc1)c1cnc(N2CCCCC2)nc1.CCC(c1ccc(F)cc1)c1cnc(N2CCCCC2)nc1. The molecule has 0 spiro atoms. The van der Waals surface area contributed by atoms with E-state index in [-0.39, 0.29) is 17.6 Å². The number of piperidine rings is 2. The Hall–Kier alpha value is -4.20. The lowest BCUT2D eigenvalue weighted by molar-refractivity contribution is 0.567. The van der Waals surface area contributed by atoms with E-state index in [9.17, 15) is 8.78 Å². The van der Waals surface area contributed by atoms with Crippen molar-refractivity contribution in [2.45, 2.75) is 64.7 Å². The Morgan fingerprint density at radius 2 is 1.09 bits per heavy atom. The zero-order chi connectivity index (χ0) is 30.7. The maximum absolute atomic E-state index is 13.1. The molecule has 2 aromatic heterocycles. The average molecular weight is 597 g/mol. The van der Waals surface area contributed by atoms with Crippen molar-refractivity contribution in [3.63, 3.8) is 0 Å². The number of anilines is 2. The van der Waals surface area contributed by atoms with Gasteiger partial charge in [0, 0.05) is 62.4 Å². The Labute approximate surface area is 259 Å². The zero-order valence-electron chi connectivity index (χ0n) is 25.8. The molecular formula is C36H42F2N6. The molecule has 6 nitrogen and oxygen atoms in total. The number of allylic oxidation sites excluding steroid dienone is 1. The highest BCUT2D eigenvalue weighted by atomic mass is 19.1. The standard InChI is InChI=1S/C18H22FN3.C18H20FN3/c2*1-2-17(14-6-8-16(19)9-7-14)15-12-20-18(21-13-15)22-10-4-3-5-11-22/h6-9,12-13,17H,2-5,10-11H2,1H3;2,6-9,12-13H,3-5,10-11H2,1H3/b;17-2+. The van der Waals surface area contributed by atoms with Crippen molar-refractivity contribution in [2.75, 3.05) is 36.0 Å². The quantitative estimate of drug-likeness (QED) is 0.214. The van der Waals surface area contributed by atoms with Crippen molar-refractivity contribution in [3.8, 4) is 0 Å². The summed E-state index contributed by atoms with van der Waals surface area (Å²) >= 11 is 0. The van der Waals surface area contributed by atoms with Gasteiger partial charge in [0.05, 0.1) is 0 Å². The molecule has 2 aromatic carbocycles.